The molecule has 1 saturated heterocycles. The minimum absolute atomic E-state index is 0.501. The third-order valence-corrected chi connectivity index (χ3v) is 5.73. The number of nitrogens with zero attached hydrogens (tertiary/aromatic N) is 2. The molecule has 2 aliphatic rings. The van der Waals surface area contributed by atoms with Crippen molar-refractivity contribution in [3.63, 3.8) is 0 Å². The van der Waals surface area contributed by atoms with Crippen LogP contribution in [0.25, 0.3) is 0 Å². The molecule has 6 heteroatoms. The van der Waals surface area contributed by atoms with Gasteiger partial charge in [-0.05, 0) is 49.8 Å². The molecule has 0 amide bonds. The third kappa shape index (κ3) is 4.78. The predicted molar refractivity (Wildman–Crippen MR) is 102 cm³/mol. The topological polar surface area (TPSA) is 39.7 Å². The Kier molecular flexibility index (Phi) is 6.25. The van der Waals surface area contributed by atoms with Crippen LogP contribution in [0.1, 0.15) is 37.7 Å². The van der Waals surface area contributed by atoms with Crippen molar-refractivity contribution < 1.29 is 0 Å². The van der Waals surface area contributed by atoms with E-state index in [9.17, 15) is 0 Å². The minimum Gasteiger partial charge on any atom is -0.354 e. The van der Waals surface area contributed by atoms with Crippen molar-refractivity contribution in [2.45, 2.75) is 50.7 Å². The quantitative estimate of drug-likeness (QED) is 0.628. The van der Waals surface area contributed by atoms with Crippen LogP contribution in [0, 0.1) is 0 Å². The van der Waals surface area contributed by atoms with Gasteiger partial charge in [0.15, 0.2) is 5.96 Å². The van der Waals surface area contributed by atoms with Crippen LogP contribution in [0.3, 0.4) is 0 Å². The molecule has 1 aromatic rings. The molecule has 0 unspecified atom stereocenters. The summed E-state index contributed by atoms with van der Waals surface area (Å²) in [6.07, 6.45) is 6.13. The highest BCUT2D eigenvalue weighted by Gasteiger charge is 2.22. The highest BCUT2D eigenvalue weighted by Crippen LogP contribution is 2.24. The maximum absolute atomic E-state index is 6.11. The molecule has 2 fully saturated rings. The lowest BCUT2D eigenvalue weighted by molar-refractivity contribution is 0.198. The lowest BCUT2D eigenvalue weighted by Gasteiger charge is -2.34. The highest BCUT2D eigenvalue weighted by atomic mass is 35.5. The van der Waals surface area contributed by atoms with Crippen LogP contribution in [-0.4, -0.2) is 43.1 Å². The van der Waals surface area contributed by atoms with Gasteiger partial charge in [0.25, 0.3) is 0 Å². The van der Waals surface area contributed by atoms with E-state index < -0.39 is 0 Å². The van der Waals surface area contributed by atoms with Crippen LogP contribution >= 0.6 is 23.2 Å². The summed E-state index contributed by atoms with van der Waals surface area (Å²) in [4.78, 5) is 6.83. The summed E-state index contributed by atoms with van der Waals surface area (Å²) in [5, 5.41) is 8.35. The number of halogens is 2. The molecule has 0 atom stereocenters. The number of guanidine groups is 1. The zero-order valence-electron chi connectivity index (χ0n) is 14.2. The largest absolute Gasteiger partial charge is 0.354 e. The lowest BCUT2D eigenvalue weighted by atomic mass is 9.93. The summed E-state index contributed by atoms with van der Waals surface area (Å²) in [5.41, 5.74) is 1.22. The van der Waals surface area contributed by atoms with Crippen LogP contribution in [0.15, 0.2) is 23.2 Å². The van der Waals surface area contributed by atoms with Crippen LogP contribution in [0.2, 0.25) is 10.0 Å². The molecule has 1 aromatic carbocycles. The van der Waals surface area contributed by atoms with Gasteiger partial charge in [-0.3, -0.25) is 9.89 Å². The van der Waals surface area contributed by atoms with E-state index in [0.717, 1.165) is 38.4 Å². The van der Waals surface area contributed by atoms with Gasteiger partial charge < -0.3 is 10.6 Å². The molecule has 1 heterocycles. The van der Waals surface area contributed by atoms with Crippen molar-refractivity contribution in [2.24, 2.45) is 4.99 Å². The van der Waals surface area contributed by atoms with Crippen molar-refractivity contribution in [3.05, 3.63) is 33.8 Å². The fourth-order valence-electron chi connectivity index (χ4n) is 3.24. The van der Waals surface area contributed by atoms with Gasteiger partial charge in [-0.2, -0.15) is 0 Å². The lowest BCUT2D eigenvalue weighted by Crippen LogP contribution is -2.52. The summed E-state index contributed by atoms with van der Waals surface area (Å²) >= 11 is 12.1. The first-order valence-corrected chi connectivity index (χ1v) is 9.56. The molecule has 24 heavy (non-hydrogen) atoms. The second kappa shape index (κ2) is 8.41. The Balaban J connectivity index is 1.44. The fourth-order valence-corrected chi connectivity index (χ4v) is 3.56. The number of aliphatic imine (C=N–C) groups is 1. The second-order valence-electron chi connectivity index (χ2n) is 6.79. The zero-order chi connectivity index (χ0) is 16.9. The Labute approximate surface area is 154 Å². The van der Waals surface area contributed by atoms with Gasteiger partial charge in [0, 0.05) is 38.8 Å². The molecule has 1 aliphatic heterocycles. The van der Waals surface area contributed by atoms with E-state index in [2.05, 4.69) is 26.6 Å². The maximum Gasteiger partial charge on any atom is 0.191 e. The monoisotopic (exact) mass is 368 g/mol. The molecule has 0 bridgehead atoms. The number of piperidine rings is 1. The summed E-state index contributed by atoms with van der Waals surface area (Å²) in [5.74, 6) is 0.961. The average molecular weight is 369 g/mol. The predicted octanol–water partition coefficient (Wildman–Crippen LogP) is 3.68. The molecule has 132 valence electrons. The van der Waals surface area contributed by atoms with Gasteiger partial charge in [0.2, 0.25) is 0 Å². The van der Waals surface area contributed by atoms with Gasteiger partial charge in [0.1, 0.15) is 0 Å². The van der Waals surface area contributed by atoms with E-state index in [1.54, 1.807) is 0 Å². The van der Waals surface area contributed by atoms with Crippen LogP contribution in [-0.2, 0) is 6.54 Å². The van der Waals surface area contributed by atoms with E-state index in [4.69, 9.17) is 23.2 Å². The van der Waals surface area contributed by atoms with E-state index in [-0.39, 0.29) is 0 Å². The van der Waals surface area contributed by atoms with E-state index in [0.29, 0.717) is 22.1 Å². The van der Waals surface area contributed by atoms with E-state index >= 15 is 0 Å². The Morgan fingerprint density at radius 3 is 2.29 bits per heavy atom. The highest BCUT2D eigenvalue weighted by molar-refractivity contribution is 6.42. The van der Waals surface area contributed by atoms with E-state index in [1.165, 1.54) is 24.8 Å². The van der Waals surface area contributed by atoms with Gasteiger partial charge in [0.05, 0.1) is 10.0 Å². The van der Waals surface area contributed by atoms with Crippen molar-refractivity contribution >= 4 is 29.2 Å². The van der Waals surface area contributed by atoms with Gasteiger partial charge in [-0.1, -0.05) is 29.3 Å². The van der Waals surface area contributed by atoms with Crippen molar-refractivity contribution in [1.82, 2.24) is 15.5 Å². The Hall–Kier alpha value is -0.970. The summed E-state index contributed by atoms with van der Waals surface area (Å²) < 4.78 is 0. The number of rotatable bonds is 4. The maximum atomic E-state index is 6.11. The van der Waals surface area contributed by atoms with Crippen molar-refractivity contribution in [3.8, 4) is 0 Å². The molecule has 0 aromatic heterocycles. The van der Waals surface area contributed by atoms with E-state index in [1.807, 2.05) is 19.2 Å². The molecule has 0 radical (unpaired) electrons. The standard InChI is InChI=1S/C18H26Cl2N4/c1-21-18(22-14-3-2-4-14)23-15-7-9-24(10-8-15)12-13-5-6-16(19)17(20)11-13/h5-6,11,14-15H,2-4,7-10,12H2,1H3,(H2,21,22,23). The first-order chi connectivity index (χ1) is 11.6. The second-order valence-corrected chi connectivity index (χ2v) is 7.60. The number of likely N-dealkylation sites (tertiary alicyclic amines) is 1. The van der Waals surface area contributed by atoms with Gasteiger partial charge >= 0.3 is 0 Å². The summed E-state index contributed by atoms with van der Waals surface area (Å²) in [7, 11) is 1.85. The Morgan fingerprint density at radius 1 is 1.08 bits per heavy atom. The molecule has 0 spiro atoms. The van der Waals surface area contributed by atoms with Crippen LogP contribution < -0.4 is 10.6 Å². The summed E-state index contributed by atoms with van der Waals surface area (Å²) in [6.45, 7) is 3.09. The number of benzene rings is 1. The first kappa shape index (κ1) is 17.8. The SMILES string of the molecule is CN=C(NC1CCC1)NC1CCN(Cc2ccc(Cl)c(Cl)c2)CC1. The summed E-state index contributed by atoms with van der Waals surface area (Å²) in [6, 6.07) is 7.03. The van der Waals surface area contributed by atoms with Crippen LogP contribution in [0.4, 0.5) is 0 Å². The zero-order valence-corrected chi connectivity index (χ0v) is 15.7. The molecular formula is C18H26Cl2N4. The fraction of sp³-hybridized carbons (Fsp3) is 0.611. The molecule has 2 N–H and O–H groups in total. The number of hydrogen-bond acceptors (Lipinski definition) is 2. The van der Waals surface area contributed by atoms with Gasteiger partial charge in [-0.25, -0.2) is 0 Å². The molecule has 1 aliphatic carbocycles. The number of hydrogen-bond donors (Lipinski definition) is 2. The molecular weight excluding hydrogens is 343 g/mol. The molecule has 3 rings (SSSR count). The third-order valence-electron chi connectivity index (χ3n) is 4.99. The van der Waals surface area contributed by atoms with Crippen molar-refractivity contribution in [1.29, 1.82) is 0 Å². The Bertz CT molecular complexity index is 578. The van der Waals surface area contributed by atoms with Crippen LogP contribution in [0.5, 0.6) is 0 Å². The molecule has 1 saturated carbocycles. The number of nitrogens with one attached hydrogen (secondary N) is 2. The van der Waals surface area contributed by atoms with Gasteiger partial charge in [-0.15, -0.1) is 0 Å². The average Bonchev–Trinajstić information content (AvgIpc) is 2.55. The normalized spacial score (nSPS) is 20.7. The minimum atomic E-state index is 0.501. The Morgan fingerprint density at radius 2 is 1.75 bits per heavy atom. The smallest absolute Gasteiger partial charge is 0.191 e. The van der Waals surface area contributed by atoms with Crippen molar-refractivity contribution in [2.75, 3.05) is 20.1 Å². The first-order valence-electron chi connectivity index (χ1n) is 8.80. The molecule has 4 nitrogen and oxygen atoms in total.